The molecule has 0 amide bonds. The van der Waals surface area contributed by atoms with Crippen LogP contribution in [0.25, 0.3) is 0 Å². The third-order valence-corrected chi connectivity index (χ3v) is 4.47. The lowest BCUT2D eigenvalue weighted by Crippen LogP contribution is -2.48. The van der Waals surface area contributed by atoms with Gasteiger partial charge in [-0.25, -0.2) is 8.42 Å². The summed E-state index contributed by atoms with van der Waals surface area (Å²) in [5, 5.41) is 6.61. The van der Waals surface area contributed by atoms with E-state index >= 15 is 0 Å². The molecule has 22 heavy (non-hydrogen) atoms. The van der Waals surface area contributed by atoms with Crippen molar-refractivity contribution in [1.82, 2.24) is 15.5 Å². The van der Waals surface area contributed by atoms with Crippen molar-refractivity contribution in [3.63, 3.8) is 0 Å². The van der Waals surface area contributed by atoms with Crippen LogP contribution in [0.3, 0.4) is 0 Å². The molecule has 0 spiro atoms. The summed E-state index contributed by atoms with van der Waals surface area (Å²) in [5.74, 6) is 0.827. The van der Waals surface area contributed by atoms with Crippen LogP contribution in [0.1, 0.15) is 33.1 Å². The minimum atomic E-state index is -2.95. The Bertz CT molecular complexity index is 421. The molecule has 0 bridgehead atoms. The van der Waals surface area contributed by atoms with Gasteiger partial charge in [0, 0.05) is 31.9 Å². The molecule has 1 rings (SSSR count). The largest absolute Gasteiger partial charge is 0.357 e. The Labute approximate surface area is 152 Å². The number of guanidine groups is 1. The number of likely N-dealkylation sites (tertiary alicyclic amines) is 1. The number of sulfone groups is 1. The first kappa shape index (κ1) is 21.9. The van der Waals surface area contributed by atoms with E-state index in [2.05, 4.69) is 27.4 Å². The van der Waals surface area contributed by atoms with E-state index in [1.807, 2.05) is 6.92 Å². The highest BCUT2D eigenvalue weighted by Crippen LogP contribution is 2.10. The molecule has 1 aliphatic rings. The lowest BCUT2D eigenvalue weighted by molar-refractivity contribution is 0.206. The van der Waals surface area contributed by atoms with Crippen LogP contribution < -0.4 is 10.6 Å². The number of nitrogens with one attached hydrogen (secondary N) is 2. The van der Waals surface area contributed by atoms with Gasteiger partial charge >= 0.3 is 0 Å². The second-order valence-corrected chi connectivity index (χ2v) is 7.91. The Morgan fingerprint density at radius 1 is 1.27 bits per heavy atom. The fourth-order valence-corrected chi connectivity index (χ4v) is 2.88. The van der Waals surface area contributed by atoms with Crippen LogP contribution in [0.2, 0.25) is 0 Å². The third-order valence-electron chi connectivity index (χ3n) is 3.54. The normalized spacial score (nSPS) is 17.9. The summed E-state index contributed by atoms with van der Waals surface area (Å²) in [5.41, 5.74) is 0. The van der Waals surface area contributed by atoms with Gasteiger partial charge in [-0.15, -0.1) is 24.0 Å². The van der Waals surface area contributed by atoms with Crippen LogP contribution in [0.15, 0.2) is 4.99 Å². The van der Waals surface area contributed by atoms with Crippen molar-refractivity contribution >= 4 is 39.8 Å². The zero-order valence-corrected chi connectivity index (χ0v) is 17.1. The highest BCUT2D eigenvalue weighted by atomic mass is 127. The zero-order chi connectivity index (χ0) is 15.7. The smallest absolute Gasteiger partial charge is 0.191 e. The van der Waals surface area contributed by atoms with Crippen molar-refractivity contribution in [2.45, 2.75) is 39.2 Å². The Morgan fingerprint density at radius 2 is 1.91 bits per heavy atom. The first-order valence-electron chi connectivity index (χ1n) is 7.89. The molecule has 132 valence electrons. The molecular weight excluding hydrogens is 415 g/mol. The van der Waals surface area contributed by atoms with Crippen LogP contribution in [-0.4, -0.2) is 70.1 Å². The molecule has 0 radical (unpaired) electrons. The van der Waals surface area contributed by atoms with Gasteiger partial charge in [0.25, 0.3) is 0 Å². The minimum absolute atomic E-state index is 0. The fourth-order valence-electron chi connectivity index (χ4n) is 2.45. The first-order chi connectivity index (χ1) is 9.94. The van der Waals surface area contributed by atoms with Crippen molar-refractivity contribution in [2.75, 3.05) is 44.7 Å². The van der Waals surface area contributed by atoms with Crippen LogP contribution in [0.5, 0.6) is 0 Å². The van der Waals surface area contributed by atoms with Crippen molar-refractivity contribution in [3.8, 4) is 0 Å². The second-order valence-electron chi connectivity index (χ2n) is 5.65. The number of rotatable bonds is 7. The van der Waals surface area contributed by atoms with Gasteiger partial charge in [0.05, 0.1) is 12.3 Å². The quantitative estimate of drug-likeness (QED) is 0.348. The molecule has 0 aliphatic carbocycles. The predicted octanol–water partition coefficient (Wildman–Crippen LogP) is 1.08. The van der Waals surface area contributed by atoms with E-state index in [1.165, 1.54) is 19.2 Å². The molecule has 0 aromatic rings. The predicted molar refractivity (Wildman–Crippen MR) is 104 cm³/mol. The molecule has 0 atom stereocenters. The number of piperidine rings is 1. The van der Waals surface area contributed by atoms with Crippen molar-refractivity contribution in [2.24, 2.45) is 4.99 Å². The van der Waals surface area contributed by atoms with Crippen LogP contribution in [-0.2, 0) is 9.84 Å². The second kappa shape index (κ2) is 11.4. The van der Waals surface area contributed by atoms with Gasteiger partial charge in [0.15, 0.2) is 5.96 Å². The van der Waals surface area contributed by atoms with Gasteiger partial charge in [-0.2, -0.15) is 0 Å². The molecule has 0 aromatic carbocycles. The third kappa shape index (κ3) is 9.83. The summed E-state index contributed by atoms with van der Waals surface area (Å²) in [7, 11) is -2.95. The van der Waals surface area contributed by atoms with Crippen molar-refractivity contribution in [1.29, 1.82) is 0 Å². The SMILES string of the molecule is CCCN1CCC(NC(=NCCS(C)(=O)=O)NCC)CC1.I. The highest BCUT2D eigenvalue weighted by molar-refractivity contribution is 14.0. The molecule has 6 nitrogen and oxygen atoms in total. The van der Waals surface area contributed by atoms with E-state index in [0.29, 0.717) is 12.6 Å². The van der Waals surface area contributed by atoms with E-state index in [-0.39, 0.29) is 29.7 Å². The standard InChI is InChI=1S/C14H30N4O2S.HI/c1-4-9-18-10-6-13(7-11-18)17-14(15-5-2)16-8-12-21(3,19)20;/h13H,4-12H2,1-3H3,(H2,15,16,17);1H. The summed E-state index contributed by atoms with van der Waals surface area (Å²) in [6.07, 6.45) is 4.66. The van der Waals surface area contributed by atoms with Crippen molar-refractivity contribution < 1.29 is 8.42 Å². The van der Waals surface area contributed by atoms with E-state index < -0.39 is 9.84 Å². The maximum Gasteiger partial charge on any atom is 0.191 e. The van der Waals surface area contributed by atoms with Crippen molar-refractivity contribution in [3.05, 3.63) is 0 Å². The number of aliphatic imine (C=N–C) groups is 1. The summed E-state index contributed by atoms with van der Waals surface area (Å²) < 4.78 is 22.3. The van der Waals surface area contributed by atoms with Gasteiger partial charge in [-0.3, -0.25) is 4.99 Å². The number of nitrogens with zero attached hydrogens (tertiary/aromatic N) is 2. The summed E-state index contributed by atoms with van der Waals surface area (Å²) in [6.45, 7) is 8.72. The molecule has 1 heterocycles. The Hall–Kier alpha value is -0.0900. The molecule has 0 aromatic heterocycles. The van der Waals surface area contributed by atoms with Gasteiger partial charge in [0.2, 0.25) is 0 Å². The van der Waals surface area contributed by atoms with Gasteiger partial charge in [-0.05, 0) is 32.7 Å². The zero-order valence-electron chi connectivity index (χ0n) is 14.0. The molecule has 0 saturated carbocycles. The Balaban J connectivity index is 0.00000441. The topological polar surface area (TPSA) is 73.8 Å². The number of halogens is 1. The minimum Gasteiger partial charge on any atom is -0.357 e. The Morgan fingerprint density at radius 3 is 2.41 bits per heavy atom. The summed E-state index contributed by atoms with van der Waals surface area (Å²) >= 11 is 0. The van der Waals surface area contributed by atoms with Crippen LogP contribution in [0.4, 0.5) is 0 Å². The van der Waals surface area contributed by atoms with E-state index in [4.69, 9.17) is 0 Å². The molecule has 1 aliphatic heterocycles. The van der Waals surface area contributed by atoms with Gasteiger partial charge < -0.3 is 15.5 Å². The fraction of sp³-hybridized carbons (Fsp3) is 0.929. The maximum absolute atomic E-state index is 11.1. The number of hydrogen-bond donors (Lipinski definition) is 2. The molecule has 8 heteroatoms. The van der Waals surface area contributed by atoms with E-state index in [9.17, 15) is 8.42 Å². The molecular formula is C14H31IN4O2S. The number of hydrogen-bond acceptors (Lipinski definition) is 4. The molecule has 2 N–H and O–H groups in total. The molecule has 0 unspecified atom stereocenters. The summed E-state index contributed by atoms with van der Waals surface area (Å²) in [6, 6.07) is 0.425. The van der Waals surface area contributed by atoms with E-state index in [0.717, 1.165) is 38.4 Å². The van der Waals surface area contributed by atoms with Crippen LogP contribution >= 0.6 is 24.0 Å². The Kier molecular flexibility index (Phi) is 11.4. The summed E-state index contributed by atoms with van der Waals surface area (Å²) in [4.78, 5) is 6.84. The lowest BCUT2D eigenvalue weighted by Gasteiger charge is -2.32. The average molecular weight is 446 g/mol. The lowest BCUT2D eigenvalue weighted by atomic mass is 10.1. The highest BCUT2D eigenvalue weighted by Gasteiger charge is 2.19. The first-order valence-corrected chi connectivity index (χ1v) is 9.95. The molecule has 1 saturated heterocycles. The van der Waals surface area contributed by atoms with Crippen LogP contribution in [0, 0.1) is 0 Å². The average Bonchev–Trinajstić information content (AvgIpc) is 2.40. The van der Waals surface area contributed by atoms with E-state index in [1.54, 1.807) is 0 Å². The monoisotopic (exact) mass is 446 g/mol. The molecule has 1 fully saturated rings. The van der Waals surface area contributed by atoms with Gasteiger partial charge in [-0.1, -0.05) is 6.92 Å². The maximum atomic E-state index is 11.1. The van der Waals surface area contributed by atoms with Gasteiger partial charge in [0.1, 0.15) is 9.84 Å².